The van der Waals surface area contributed by atoms with Crippen molar-refractivity contribution in [2.45, 2.75) is 12.5 Å². The Balaban J connectivity index is 1.68. The highest BCUT2D eigenvalue weighted by atomic mass is 32.1. The molecule has 31 heavy (non-hydrogen) atoms. The largest absolute Gasteiger partial charge is 0.363 e. The fourth-order valence-electron chi connectivity index (χ4n) is 3.40. The minimum absolute atomic E-state index is 0.144. The number of para-hydroxylation sites is 1. The number of thiazole rings is 1. The first-order chi connectivity index (χ1) is 14.9. The third-order valence-electron chi connectivity index (χ3n) is 4.84. The summed E-state index contributed by atoms with van der Waals surface area (Å²) in [5, 5.41) is 7.11. The number of carbonyl (C=O) groups excluding carboxylic acids is 3. The highest BCUT2D eigenvalue weighted by Crippen LogP contribution is 2.30. The number of ketones is 1. The molecule has 2 aromatic heterocycles. The van der Waals surface area contributed by atoms with Gasteiger partial charge in [-0.1, -0.05) is 42.5 Å². The molecule has 8 nitrogen and oxygen atoms in total. The van der Waals surface area contributed by atoms with Crippen LogP contribution in [0.25, 0.3) is 21.5 Å². The third kappa shape index (κ3) is 4.22. The number of nitrogens with zero attached hydrogens (tertiary/aromatic N) is 3. The number of benzene rings is 2. The Bertz CT molecular complexity index is 1280. The Morgan fingerprint density at radius 3 is 2.65 bits per heavy atom. The number of hydrogen-bond acceptors (Lipinski definition) is 6. The Morgan fingerprint density at radius 2 is 1.90 bits per heavy atom. The normalized spacial score (nSPS) is 11.9. The maximum atomic E-state index is 13.2. The molecule has 156 valence electrons. The number of carbonyl (C=O) groups is 3. The van der Waals surface area contributed by atoms with E-state index >= 15 is 0 Å². The van der Waals surface area contributed by atoms with Crippen molar-refractivity contribution >= 4 is 39.2 Å². The van der Waals surface area contributed by atoms with E-state index in [-0.39, 0.29) is 12.0 Å². The van der Waals surface area contributed by atoms with E-state index in [2.05, 4.69) is 15.4 Å². The third-order valence-corrected chi connectivity index (χ3v) is 5.63. The summed E-state index contributed by atoms with van der Waals surface area (Å²) in [5.74, 6) is -2.48. The van der Waals surface area contributed by atoms with Gasteiger partial charge in [-0.3, -0.25) is 19.1 Å². The van der Waals surface area contributed by atoms with Crippen LogP contribution in [0.1, 0.15) is 15.9 Å². The number of nitrogens with one attached hydrogen (secondary N) is 1. The average Bonchev–Trinajstić information content (AvgIpc) is 3.39. The predicted octanol–water partition coefficient (Wildman–Crippen LogP) is 2.09. The second-order valence-electron chi connectivity index (χ2n) is 7.01. The number of aromatic nitrogens is 3. The van der Waals surface area contributed by atoms with E-state index in [9.17, 15) is 14.4 Å². The zero-order valence-electron chi connectivity index (χ0n) is 16.6. The summed E-state index contributed by atoms with van der Waals surface area (Å²) in [7, 11) is 1.71. The van der Waals surface area contributed by atoms with Crippen molar-refractivity contribution in [1.29, 1.82) is 0 Å². The summed E-state index contributed by atoms with van der Waals surface area (Å²) in [5.41, 5.74) is 9.92. The van der Waals surface area contributed by atoms with E-state index in [4.69, 9.17) is 5.73 Å². The molecule has 4 aromatic rings. The molecule has 2 heterocycles. The maximum Gasteiger partial charge on any atom is 0.287 e. The van der Waals surface area contributed by atoms with Gasteiger partial charge in [0.2, 0.25) is 5.78 Å². The van der Waals surface area contributed by atoms with E-state index in [1.165, 1.54) is 16.0 Å². The van der Waals surface area contributed by atoms with E-state index in [1.807, 2.05) is 48.5 Å². The van der Waals surface area contributed by atoms with Crippen LogP contribution in [0.2, 0.25) is 0 Å². The van der Waals surface area contributed by atoms with Gasteiger partial charge in [-0.25, -0.2) is 4.98 Å². The summed E-state index contributed by atoms with van der Waals surface area (Å²) in [6.45, 7) is 0. The van der Waals surface area contributed by atoms with Gasteiger partial charge in [0.15, 0.2) is 0 Å². The number of primary amides is 1. The number of nitrogens with two attached hydrogens (primary N) is 1. The molecular formula is C22H19N5O3S. The van der Waals surface area contributed by atoms with E-state index in [0.29, 0.717) is 11.3 Å². The molecular weight excluding hydrogens is 414 g/mol. The molecule has 0 spiro atoms. The molecule has 0 bridgehead atoms. The second-order valence-corrected chi connectivity index (χ2v) is 7.90. The lowest BCUT2D eigenvalue weighted by atomic mass is 10.0. The number of amides is 2. The summed E-state index contributed by atoms with van der Waals surface area (Å²) >= 11 is 1.49. The van der Waals surface area contributed by atoms with Gasteiger partial charge in [-0.15, -0.1) is 11.3 Å². The zero-order valence-corrected chi connectivity index (χ0v) is 17.4. The van der Waals surface area contributed by atoms with Crippen molar-refractivity contribution in [3.8, 4) is 11.3 Å². The highest BCUT2D eigenvalue weighted by Gasteiger charge is 2.28. The standard InChI is InChI=1S/C22H19N5O3S/c1-27-11-15(18(26-27)14-8-5-9-17-19(14)24-12-31-17)22(30)25-16(20(28)21(23)29)10-13-6-3-2-4-7-13/h2-9,11-12,16H,10H2,1H3,(H2,23,29)(H,25,30). The second kappa shape index (κ2) is 8.49. The maximum absolute atomic E-state index is 13.2. The molecule has 4 rings (SSSR count). The monoisotopic (exact) mass is 433 g/mol. The lowest BCUT2D eigenvalue weighted by Gasteiger charge is -2.16. The van der Waals surface area contributed by atoms with Gasteiger partial charge in [-0.2, -0.15) is 5.10 Å². The Labute approximate surface area is 181 Å². The molecule has 0 saturated heterocycles. The smallest absolute Gasteiger partial charge is 0.287 e. The van der Waals surface area contributed by atoms with Gasteiger partial charge in [0.25, 0.3) is 11.8 Å². The van der Waals surface area contributed by atoms with Gasteiger partial charge < -0.3 is 11.1 Å². The zero-order chi connectivity index (χ0) is 22.0. The SMILES string of the molecule is Cn1cc(C(=O)NC(Cc2ccccc2)C(=O)C(N)=O)c(-c2cccc3scnc23)n1. The van der Waals surface area contributed by atoms with Gasteiger partial charge in [0, 0.05) is 25.2 Å². The molecule has 1 atom stereocenters. The van der Waals surface area contributed by atoms with Crippen LogP contribution in [0.5, 0.6) is 0 Å². The van der Waals surface area contributed by atoms with Crippen molar-refractivity contribution in [1.82, 2.24) is 20.1 Å². The Morgan fingerprint density at radius 1 is 1.13 bits per heavy atom. The van der Waals surface area contributed by atoms with Crippen molar-refractivity contribution < 1.29 is 14.4 Å². The molecule has 2 amide bonds. The summed E-state index contributed by atoms with van der Waals surface area (Å²) < 4.78 is 2.50. The number of hydrogen-bond donors (Lipinski definition) is 2. The fraction of sp³-hybridized carbons (Fsp3) is 0.136. The van der Waals surface area contributed by atoms with Crippen LogP contribution in [-0.4, -0.2) is 38.4 Å². The van der Waals surface area contributed by atoms with Crippen LogP contribution in [0.15, 0.2) is 60.2 Å². The summed E-state index contributed by atoms with van der Waals surface area (Å²) in [4.78, 5) is 41.5. The molecule has 0 fully saturated rings. The molecule has 0 aliphatic rings. The first kappa shape index (κ1) is 20.4. The molecule has 0 saturated carbocycles. The molecule has 2 aromatic carbocycles. The number of Topliss-reactive ketones (excluding diaryl/α,β-unsaturated/α-hetero) is 1. The molecule has 9 heteroatoms. The van der Waals surface area contributed by atoms with E-state index in [1.54, 1.807) is 18.8 Å². The molecule has 0 radical (unpaired) electrons. The molecule has 1 unspecified atom stereocenters. The minimum atomic E-state index is -1.10. The Kier molecular flexibility index (Phi) is 5.59. The average molecular weight is 433 g/mol. The number of fused-ring (bicyclic) bond motifs is 1. The molecule has 3 N–H and O–H groups in total. The first-order valence-electron chi connectivity index (χ1n) is 9.48. The van der Waals surface area contributed by atoms with E-state index in [0.717, 1.165) is 15.8 Å². The highest BCUT2D eigenvalue weighted by molar-refractivity contribution is 7.16. The van der Waals surface area contributed by atoms with E-state index < -0.39 is 23.6 Å². The van der Waals surface area contributed by atoms with Crippen LogP contribution in [0, 0.1) is 0 Å². The van der Waals surface area contributed by atoms with Gasteiger partial charge in [0.1, 0.15) is 11.7 Å². The first-order valence-corrected chi connectivity index (χ1v) is 10.4. The van der Waals surface area contributed by atoms with Crippen LogP contribution in [0.4, 0.5) is 0 Å². The van der Waals surface area contributed by atoms with Gasteiger partial charge >= 0.3 is 0 Å². The van der Waals surface area contributed by atoms with Crippen LogP contribution >= 0.6 is 11.3 Å². The van der Waals surface area contributed by atoms with Gasteiger partial charge in [0.05, 0.1) is 21.3 Å². The lowest BCUT2D eigenvalue weighted by Crippen LogP contribution is -2.47. The van der Waals surface area contributed by atoms with Crippen LogP contribution in [0.3, 0.4) is 0 Å². The van der Waals surface area contributed by atoms with Gasteiger partial charge in [-0.05, 0) is 11.6 Å². The molecule has 0 aliphatic heterocycles. The van der Waals surface area contributed by atoms with Crippen LogP contribution < -0.4 is 11.1 Å². The quantitative estimate of drug-likeness (QED) is 0.433. The lowest BCUT2D eigenvalue weighted by molar-refractivity contribution is -0.137. The predicted molar refractivity (Wildman–Crippen MR) is 117 cm³/mol. The van der Waals surface area contributed by atoms with Crippen LogP contribution in [-0.2, 0) is 23.1 Å². The fourth-order valence-corrected chi connectivity index (χ4v) is 4.10. The molecule has 0 aliphatic carbocycles. The number of rotatable bonds is 7. The van der Waals surface area contributed by atoms with Crippen molar-refractivity contribution in [3.05, 3.63) is 71.4 Å². The minimum Gasteiger partial charge on any atom is -0.363 e. The van der Waals surface area contributed by atoms with Crippen molar-refractivity contribution in [2.24, 2.45) is 12.8 Å². The topological polar surface area (TPSA) is 120 Å². The van der Waals surface area contributed by atoms with Crippen molar-refractivity contribution in [2.75, 3.05) is 0 Å². The number of aryl methyl sites for hydroxylation is 1. The van der Waals surface area contributed by atoms with Crippen molar-refractivity contribution in [3.63, 3.8) is 0 Å². The summed E-state index contributed by atoms with van der Waals surface area (Å²) in [6, 6.07) is 13.7. The summed E-state index contributed by atoms with van der Waals surface area (Å²) in [6.07, 6.45) is 1.72. The Hall–Kier alpha value is -3.85.